The Labute approximate surface area is 137 Å². The number of rotatable bonds is 6. The molecule has 0 bridgehead atoms. The molecule has 0 radical (unpaired) electrons. The molecular weight excluding hydrogens is 290 g/mol. The monoisotopic (exact) mass is 312 g/mol. The van der Waals surface area contributed by atoms with Gasteiger partial charge >= 0.3 is 5.69 Å². The van der Waals surface area contributed by atoms with Crippen molar-refractivity contribution in [2.75, 3.05) is 25.7 Å². The second-order valence-corrected chi connectivity index (χ2v) is 5.52. The van der Waals surface area contributed by atoms with Crippen molar-refractivity contribution >= 4 is 11.4 Å². The summed E-state index contributed by atoms with van der Waals surface area (Å²) in [7, 11) is 3.66. The van der Waals surface area contributed by atoms with E-state index in [1.807, 2.05) is 50.4 Å². The number of anilines is 1. The van der Waals surface area contributed by atoms with Gasteiger partial charge in [-0.25, -0.2) is 0 Å². The average molecular weight is 312 g/mol. The molecule has 0 N–H and O–H groups in total. The molecule has 0 amide bonds. The van der Waals surface area contributed by atoms with Crippen molar-refractivity contribution in [2.45, 2.75) is 19.9 Å². The van der Waals surface area contributed by atoms with Crippen LogP contribution in [0.3, 0.4) is 0 Å². The van der Waals surface area contributed by atoms with Gasteiger partial charge in [0.25, 0.3) is 0 Å². The number of nitrogens with zero attached hydrogens (tertiary/aromatic N) is 3. The molecule has 0 aliphatic rings. The first-order valence-electron chi connectivity index (χ1n) is 7.50. The first kappa shape index (κ1) is 16.6. The van der Waals surface area contributed by atoms with Crippen LogP contribution in [0.4, 0.5) is 11.4 Å². The van der Waals surface area contributed by atoms with E-state index in [9.17, 15) is 0 Å². The molecule has 0 spiro atoms. The lowest BCUT2D eigenvalue weighted by molar-refractivity contribution is 0.292. The van der Waals surface area contributed by atoms with Crippen LogP contribution in [-0.4, -0.2) is 26.8 Å². The highest BCUT2D eigenvalue weighted by Gasteiger charge is 2.15. The Kier molecular flexibility index (Phi) is 5.42. The molecule has 23 heavy (non-hydrogen) atoms. The first-order chi connectivity index (χ1) is 11.0. The normalized spacial score (nSPS) is 11.4. The minimum atomic E-state index is 0.188. The fourth-order valence-electron chi connectivity index (χ4n) is 2.23. The molecule has 1 atom stereocenters. The Morgan fingerprint density at radius 2 is 1.78 bits per heavy atom. The predicted molar refractivity (Wildman–Crippen MR) is 92.3 cm³/mol. The summed E-state index contributed by atoms with van der Waals surface area (Å²) >= 11 is 0. The van der Waals surface area contributed by atoms with Crippen molar-refractivity contribution in [1.29, 1.82) is 5.39 Å². The van der Waals surface area contributed by atoms with Gasteiger partial charge in [0.05, 0.1) is 13.2 Å². The minimum Gasteiger partial charge on any atom is -0.497 e. The van der Waals surface area contributed by atoms with Crippen LogP contribution in [0.5, 0.6) is 11.5 Å². The SMILES string of the molecule is COc1ccc(OCC(C)N(C)c2ccc([N+]#N)c(C)c2)cc1. The molecule has 0 heterocycles. The Morgan fingerprint density at radius 1 is 1.13 bits per heavy atom. The fourth-order valence-corrected chi connectivity index (χ4v) is 2.23. The lowest BCUT2D eigenvalue weighted by atomic mass is 10.1. The van der Waals surface area contributed by atoms with Crippen molar-refractivity contribution in [2.24, 2.45) is 0 Å². The molecule has 2 rings (SSSR count). The highest BCUT2D eigenvalue weighted by Crippen LogP contribution is 2.25. The Morgan fingerprint density at radius 3 is 2.35 bits per heavy atom. The van der Waals surface area contributed by atoms with Crippen molar-refractivity contribution < 1.29 is 9.47 Å². The van der Waals surface area contributed by atoms with Gasteiger partial charge in [0, 0.05) is 24.4 Å². The Bertz CT molecular complexity index is 692. The topological polar surface area (TPSA) is 49.9 Å². The van der Waals surface area contributed by atoms with Gasteiger partial charge in [0.1, 0.15) is 18.1 Å². The second kappa shape index (κ2) is 7.50. The molecule has 0 aromatic heterocycles. The van der Waals surface area contributed by atoms with E-state index < -0.39 is 0 Å². The third kappa shape index (κ3) is 4.13. The minimum absolute atomic E-state index is 0.188. The summed E-state index contributed by atoms with van der Waals surface area (Å²) < 4.78 is 11.0. The highest BCUT2D eigenvalue weighted by atomic mass is 16.5. The number of hydrogen-bond donors (Lipinski definition) is 0. The molecular formula is C18H22N3O2+. The standard InChI is InChI=1S/C18H22N3O2/c1-13-11-15(5-10-18(13)20-19)21(3)14(2)12-23-17-8-6-16(22-4)7-9-17/h5-11,14H,12H2,1-4H3/q+1. The van der Waals surface area contributed by atoms with E-state index in [-0.39, 0.29) is 6.04 Å². The number of benzene rings is 2. The van der Waals surface area contributed by atoms with Gasteiger partial charge in [-0.1, -0.05) is 0 Å². The van der Waals surface area contributed by atoms with E-state index in [4.69, 9.17) is 14.9 Å². The van der Waals surface area contributed by atoms with Crippen molar-refractivity contribution in [3.63, 3.8) is 0 Å². The van der Waals surface area contributed by atoms with Gasteiger partial charge in [0.2, 0.25) is 5.39 Å². The summed E-state index contributed by atoms with van der Waals surface area (Å²) in [5.74, 6) is 1.63. The van der Waals surface area contributed by atoms with E-state index in [1.54, 1.807) is 13.2 Å². The zero-order chi connectivity index (χ0) is 16.8. The van der Waals surface area contributed by atoms with Crippen molar-refractivity contribution in [1.82, 2.24) is 0 Å². The van der Waals surface area contributed by atoms with Gasteiger partial charge < -0.3 is 14.4 Å². The number of hydrogen-bond acceptors (Lipinski definition) is 4. The average Bonchev–Trinajstić information content (AvgIpc) is 2.59. The maximum atomic E-state index is 8.89. The second-order valence-electron chi connectivity index (χ2n) is 5.52. The van der Waals surface area contributed by atoms with E-state index in [1.165, 1.54) is 0 Å². The lowest BCUT2D eigenvalue weighted by Crippen LogP contribution is -2.34. The summed E-state index contributed by atoms with van der Waals surface area (Å²) in [6, 6.07) is 13.5. The molecule has 0 aliphatic heterocycles. The fraction of sp³-hybridized carbons (Fsp3) is 0.333. The Balaban J connectivity index is 1.97. The van der Waals surface area contributed by atoms with Gasteiger partial charge in [0.15, 0.2) is 4.98 Å². The number of methoxy groups -OCH3 is 1. The van der Waals surface area contributed by atoms with Crippen LogP contribution >= 0.6 is 0 Å². The smallest absolute Gasteiger partial charge is 0.388 e. The molecule has 0 aliphatic carbocycles. The summed E-state index contributed by atoms with van der Waals surface area (Å²) in [5.41, 5.74) is 2.57. The van der Waals surface area contributed by atoms with Crippen LogP contribution in [0.2, 0.25) is 0 Å². The van der Waals surface area contributed by atoms with Crippen LogP contribution in [0.1, 0.15) is 12.5 Å². The van der Waals surface area contributed by atoms with E-state index in [0.717, 1.165) is 22.7 Å². The molecule has 0 saturated heterocycles. The largest absolute Gasteiger partial charge is 0.497 e. The molecule has 5 heteroatoms. The van der Waals surface area contributed by atoms with E-state index >= 15 is 0 Å². The zero-order valence-electron chi connectivity index (χ0n) is 14.0. The highest BCUT2D eigenvalue weighted by molar-refractivity contribution is 5.60. The lowest BCUT2D eigenvalue weighted by Gasteiger charge is -2.27. The molecule has 1 unspecified atom stereocenters. The van der Waals surface area contributed by atoms with Gasteiger partial charge in [-0.15, -0.1) is 0 Å². The van der Waals surface area contributed by atoms with Crippen LogP contribution in [0.15, 0.2) is 42.5 Å². The van der Waals surface area contributed by atoms with Crippen LogP contribution in [0, 0.1) is 12.3 Å². The van der Waals surface area contributed by atoms with Gasteiger partial charge in [-0.3, -0.25) is 0 Å². The molecule has 2 aromatic rings. The maximum absolute atomic E-state index is 8.89. The number of aryl methyl sites for hydroxylation is 1. The molecule has 5 nitrogen and oxygen atoms in total. The van der Waals surface area contributed by atoms with Gasteiger partial charge in [-0.05, 0) is 50.2 Å². The van der Waals surface area contributed by atoms with Crippen LogP contribution < -0.4 is 14.4 Å². The quantitative estimate of drug-likeness (QED) is 0.742. The summed E-state index contributed by atoms with van der Waals surface area (Å²) in [6.07, 6.45) is 0. The number of ether oxygens (including phenoxy) is 2. The predicted octanol–water partition coefficient (Wildman–Crippen LogP) is 4.39. The maximum Gasteiger partial charge on any atom is 0.388 e. The van der Waals surface area contributed by atoms with Crippen molar-refractivity contribution in [3.8, 4) is 11.5 Å². The molecule has 120 valence electrons. The van der Waals surface area contributed by atoms with Gasteiger partial charge in [-0.2, -0.15) is 0 Å². The number of likely N-dealkylation sites (N-methyl/N-ethyl adjacent to an activating group) is 1. The summed E-state index contributed by atoms with van der Waals surface area (Å²) in [6.45, 7) is 4.59. The van der Waals surface area contributed by atoms with Crippen LogP contribution in [-0.2, 0) is 0 Å². The molecule has 2 aromatic carbocycles. The van der Waals surface area contributed by atoms with E-state index in [0.29, 0.717) is 12.3 Å². The Hall–Kier alpha value is -2.74. The third-order valence-corrected chi connectivity index (χ3v) is 3.91. The van der Waals surface area contributed by atoms with Crippen molar-refractivity contribution in [3.05, 3.63) is 53.0 Å². The number of diazo groups is 1. The van der Waals surface area contributed by atoms with Crippen LogP contribution in [0.25, 0.3) is 4.98 Å². The zero-order valence-corrected chi connectivity index (χ0v) is 14.0. The van der Waals surface area contributed by atoms with E-state index in [2.05, 4.69) is 16.8 Å². The third-order valence-electron chi connectivity index (χ3n) is 3.91. The molecule has 0 saturated carbocycles. The summed E-state index contributed by atoms with van der Waals surface area (Å²) in [5, 5.41) is 8.89. The molecule has 0 fully saturated rings. The first-order valence-corrected chi connectivity index (χ1v) is 7.50. The summed E-state index contributed by atoms with van der Waals surface area (Å²) in [4.78, 5) is 5.39.